The van der Waals surface area contributed by atoms with Gasteiger partial charge in [-0.3, -0.25) is 4.79 Å². The molecule has 1 fully saturated rings. The fraction of sp³-hybridized carbons (Fsp3) is 0.478. The van der Waals surface area contributed by atoms with Crippen LogP contribution in [0.3, 0.4) is 0 Å². The Kier molecular flexibility index (Phi) is 10.1. The van der Waals surface area contributed by atoms with Crippen LogP contribution in [0.15, 0.2) is 62.7 Å². The Morgan fingerprint density at radius 1 is 1.30 bits per heavy atom. The van der Waals surface area contributed by atoms with Gasteiger partial charge >= 0.3 is 0 Å². The van der Waals surface area contributed by atoms with E-state index in [1.807, 2.05) is 19.9 Å². The predicted octanol–water partition coefficient (Wildman–Crippen LogP) is 6.04. The summed E-state index contributed by atoms with van der Waals surface area (Å²) < 4.78 is 5.83. The van der Waals surface area contributed by atoms with E-state index >= 15 is 0 Å². The van der Waals surface area contributed by atoms with Crippen LogP contribution in [-0.2, 0) is 9.53 Å². The summed E-state index contributed by atoms with van der Waals surface area (Å²) in [7, 11) is 0. The molecule has 0 spiro atoms. The molecule has 1 saturated heterocycles. The number of allylic oxidation sites excluding steroid dienone is 6. The molecule has 1 rings (SSSR count). The topological polar surface area (TPSA) is 99.4 Å². The van der Waals surface area contributed by atoms with Crippen molar-refractivity contribution in [2.45, 2.75) is 72.0 Å². The largest absolute Gasteiger partial charge is 0.507 e. The maximum Gasteiger partial charge on any atom is 0.167 e. The van der Waals surface area contributed by atoms with E-state index in [4.69, 9.17) is 21.5 Å². The zero-order valence-electron chi connectivity index (χ0n) is 18.3. The number of nitrogens with zero attached hydrogens (tertiary/aromatic N) is 1. The lowest BCUT2D eigenvalue weighted by Gasteiger charge is -2.18. The lowest BCUT2D eigenvalue weighted by Crippen LogP contribution is -2.27. The number of Topliss-reactive ketones (excluding diaryl/α,β-unsaturated/α-hetero) is 1. The first kappa shape index (κ1) is 25.7. The number of ether oxygens (including phenoxy) is 1. The van der Waals surface area contributed by atoms with Gasteiger partial charge in [-0.1, -0.05) is 40.6 Å². The number of halogens is 1. The van der Waals surface area contributed by atoms with E-state index < -0.39 is 5.60 Å². The zero-order valence-corrected chi connectivity index (χ0v) is 19.0. The third kappa shape index (κ3) is 7.18. The molecule has 0 amide bonds. The Morgan fingerprint density at radius 2 is 1.97 bits per heavy atom. The smallest absolute Gasteiger partial charge is 0.167 e. The van der Waals surface area contributed by atoms with Gasteiger partial charge in [0.2, 0.25) is 0 Å². The number of carbonyl (C=O) groups excluding carboxylic acids is 1. The second-order valence-corrected chi connectivity index (χ2v) is 8.01. The van der Waals surface area contributed by atoms with E-state index in [9.17, 15) is 15.0 Å². The lowest BCUT2D eigenvalue weighted by atomic mass is 10.00. The molecular formula is C23H32ClNO5. The van der Waals surface area contributed by atoms with E-state index in [1.165, 1.54) is 0 Å². The summed E-state index contributed by atoms with van der Waals surface area (Å²) in [5.41, 5.74) is 2.86. The second kappa shape index (κ2) is 11.8. The number of oxime groups is 1. The molecule has 1 unspecified atom stereocenters. The van der Waals surface area contributed by atoms with Crippen LogP contribution >= 0.6 is 11.6 Å². The summed E-state index contributed by atoms with van der Waals surface area (Å²) in [4.78, 5) is 11.9. The highest BCUT2D eigenvalue weighted by atomic mass is 35.5. The molecule has 1 heterocycles. The van der Waals surface area contributed by atoms with Crippen LogP contribution in [0, 0.1) is 0 Å². The van der Waals surface area contributed by atoms with Crippen molar-refractivity contribution in [3.05, 3.63) is 57.6 Å². The lowest BCUT2D eigenvalue weighted by molar-refractivity contribution is -0.129. The summed E-state index contributed by atoms with van der Waals surface area (Å²) in [6, 6.07) is 0. The van der Waals surface area contributed by atoms with Crippen LogP contribution in [0.1, 0.15) is 60.3 Å². The van der Waals surface area contributed by atoms with Gasteiger partial charge in [-0.05, 0) is 59.5 Å². The van der Waals surface area contributed by atoms with Crippen molar-refractivity contribution >= 4 is 23.6 Å². The normalized spacial score (nSPS) is 22.1. The van der Waals surface area contributed by atoms with Crippen molar-refractivity contribution in [2.24, 2.45) is 5.16 Å². The van der Waals surface area contributed by atoms with Gasteiger partial charge < -0.3 is 20.2 Å². The quantitative estimate of drug-likeness (QED) is 0.102. The van der Waals surface area contributed by atoms with Gasteiger partial charge in [0.05, 0.1) is 12.3 Å². The van der Waals surface area contributed by atoms with Crippen molar-refractivity contribution in [1.82, 2.24) is 0 Å². The Hall–Kier alpha value is -2.31. The summed E-state index contributed by atoms with van der Waals surface area (Å²) in [6.45, 7) is 9.20. The van der Waals surface area contributed by atoms with Crippen molar-refractivity contribution in [3.63, 3.8) is 0 Å². The third-order valence-corrected chi connectivity index (χ3v) is 5.33. The van der Waals surface area contributed by atoms with Crippen LogP contribution < -0.4 is 0 Å². The molecule has 0 aromatic carbocycles. The van der Waals surface area contributed by atoms with Crippen LogP contribution in [0.25, 0.3) is 0 Å². The number of aliphatic hydroxyl groups excluding tert-OH is 2. The zero-order chi connectivity index (χ0) is 22.9. The van der Waals surface area contributed by atoms with Gasteiger partial charge in [0.1, 0.15) is 17.1 Å². The van der Waals surface area contributed by atoms with Crippen LogP contribution in [0.4, 0.5) is 0 Å². The van der Waals surface area contributed by atoms with Crippen LogP contribution in [-0.4, -0.2) is 39.1 Å². The van der Waals surface area contributed by atoms with Gasteiger partial charge in [-0.25, -0.2) is 0 Å². The predicted molar refractivity (Wildman–Crippen MR) is 120 cm³/mol. The molecule has 0 radical (unpaired) electrons. The summed E-state index contributed by atoms with van der Waals surface area (Å²) in [5, 5.41) is 32.1. The Labute approximate surface area is 183 Å². The first-order chi connectivity index (χ1) is 14.1. The fourth-order valence-electron chi connectivity index (χ4n) is 3.07. The van der Waals surface area contributed by atoms with Gasteiger partial charge in [0.25, 0.3) is 0 Å². The van der Waals surface area contributed by atoms with E-state index in [2.05, 4.69) is 11.2 Å². The van der Waals surface area contributed by atoms with Crippen molar-refractivity contribution in [2.75, 3.05) is 0 Å². The molecule has 30 heavy (non-hydrogen) atoms. The van der Waals surface area contributed by atoms with Gasteiger partial charge in [-0.15, -0.1) is 0 Å². The first-order valence-corrected chi connectivity index (χ1v) is 10.3. The minimum absolute atomic E-state index is 0.120. The monoisotopic (exact) mass is 437 g/mol. The average molecular weight is 438 g/mol. The highest BCUT2D eigenvalue weighted by molar-refractivity contribution is 6.25. The number of rotatable bonds is 9. The van der Waals surface area contributed by atoms with Crippen LogP contribution in [0.2, 0.25) is 0 Å². The molecule has 1 aliphatic rings. The number of hydrogen-bond acceptors (Lipinski definition) is 6. The molecule has 0 aromatic rings. The molecule has 3 N–H and O–H groups in total. The SMILES string of the molecule is C/C=C(\C=N\O)C(/O)=C(C/C=C(\C)CC/C=C(\C)C1CC(=O)C(C)(C)O1)\C(O)=C\Cl. The Morgan fingerprint density at radius 3 is 2.47 bits per heavy atom. The van der Waals surface area contributed by atoms with Gasteiger partial charge in [0, 0.05) is 23.1 Å². The maximum absolute atomic E-state index is 11.9. The first-order valence-electron chi connectivity index (χ1n) is 9.86. The number of carbonyl (C=O) groups is 1. The maximum atomic E-state index is 11.9. The highest BCUT2D eigenvalue weighted by Crippen LogP contribution is 2.30. The number of aliphatic hydroxyl groups is 2. The fourth-order valence-corrected chi connectivity index (χ4v) is 3.20. The number of hydrogen-bond donors (Lipinski definition) is 3. The Bertz CT molecular complexity index is 815. The van der Waals surface area contributed by atoms with Crippen molar-refractivity contribution in [3.8, 4) is 0 Å². The van der Waals surface area contributed by atoms with Crippen molar-refractivity contribution < 1.29 is 25.0 Å². The minimum atomic E-state index is -0.717. The van der Waals surface area contributed by atoms with E-state index in [0.29, 0.717) is 6.42 Å². The molecule has 1 atom stereocenters. The summed E-state index contributed by atoms with van der Waals surface area (Å²) >= 11 is 5.62. The van der Waals surface area contributed by atoms with Gasteiger partial charge in [-0.2, -0.15) is 0 Å². The molecule has 0 bridgehead atoms. The highest BCUT2D eigenvalue weighted by Gasteiger charge is 2.40. The minimum Gasteiger partial charge on any atom is -0.507 e. The summed E-state index contributed by atoms with van der Waals surface area (Å²) in [5.74, 6) is -0.352. The van der Waals surface area contributed by atoms with Crippen LogP contribution in [0.5, 0.6) is 0 Å². The van der Waals surface area contributed by atoms with Gasteiger partial charge in [0.15, 0.2) is 5.78 Å². The molecular weight excluding hydrogens is 406 g/mol. The third-order valence-electron chi connectivity index (χ3n) is 5.13. The molecule has 0 aromatic heterocycles. The standard InChI is InChI=1S/C23H32ClNO5/c1-6-17(14-25-29)22(28)18(19(26)13-24)11-10-15(2)8-7-9-16(3)20-12-21(27)23(4,5)30-20/h6,9-10,13-14,20,26,28-29H,7-8,11-12H2,1-5H3/b15-10+,16-9+,17-6+,19-13-,22-18+,25-14+. The van der Waals surface area contributed by atoms with Crippen molar-refractivity contribution in [1.29, 1.82) is 0 Å². The molecule has 6 nitrogen and oxygen atoms in total. The Balaban J connectivity index is 2.82. The van der Waals surface area contributed by atoms with E-state index in [0.717, 1.165) is 35.7 Å². The molecule has 0 saturated carbocycles. The molecule has 0 aliphatic carbocycles. The molecule has 166 valence electrons. The number of ketones is 1. The average Bonchev–Trinajstić information content (AvgIpc) is 2.98. The molecule has 1 aliphatic heterocycles. The second-order valence-electron chi connectivity index (χ2n) is 7.80. The summed E-state index contributed by atoms with van der Waals surface area (Å²) in [6.07, 6.45) is 8.66. The van der Waals surface area contributed by atoms with E-state index in [-0.39, 0.29) is 41.0 Å². The van der Waals surface area contributed by atoms with E-state index in [1.54, 1.807) is 26.8 Å². The molecule has 7 heteroatoms.